The van der Waals surface area contributed by atoms with Crippen LogP contribution in [0.25, 0.3) is 6.08 Å². The van der Waals surface area contributed by atoms with Crippen LogP contribution in [0.3, 0.4) is 0 Å². The zero-order chi connectivity index (χ0) is 12.9. The van der Waals surface area contributed by atoms with E-state index < -0.39 is 21.1 Å². The fraction of sp³-hybridized carbons (Fsp3) is 0. The average molecular weight is 297 g/mol. The van der Waals surface area contributed by atoms with Crippen LogP contribution >= 0.6 is 11.6 Å². The number of hydrogen-bond donors (Lipinski definition) is 0. The predicted molar refractivity (Wildman–Crippen MR) is 72.6 cm³/mol. The quantitative estimate of drug-likeness (QED) is 0.481. The topological polar surface area (TPSA) is 60.4 Å². The molecule has 0 unspecified atom stereocenters. The molecule has 1 aromatic rings. The molecule has 0 aliphatic carbocycles. The molecule has 0 saturated carbocycles. The summed E-state index contributed by atoms with van der Waals surface area (Å²) in [6.07, 6.45) is 1.31. The van der Waals surface area contributed by atoms with Gasteiger partial charge in [0.25, 0.3) is 0 Å². The van der Waals surface area contributed by atoms with E-state index in [4.69, 9.17) is 11.6 Å². The Hall–Kier alpha value is -0.590. The molecule has 7 heteroatoms. The fourth-order valence-electron chi connectivity index (χ4n) is 0.905. The summed E-state index contributed by atoms with van der Waals surface area (Å²) in [7, 11) is -4.10. The van der Waals surface area contributed by atoms with Gasteiger partial charge in [-0.25, -0.2) is 4.79 Å². The molecule has 0 aliphatic rings. The van der Waals surface area contributed by atoms with E-state index in [0.29, 0.717) is 5.56 Å². The Morgan fingerprint density at radius 2 is 1.83 bits per heavy atom. The first-order valence-electron chi connectivity index (χ1n) is 4.47. The number of rotatable bonds is 4. The van der Waals surface area contributed by atoms with E-state index in [1.165, 1.54) is 6.08 Å². The van der Waals surface area contributed by atoms with Crippen molar-refractivity contribution in [3.05, 3.63) is 52.9 Å². The Labute approximate surface area is 133 Å². The number of hydrogen-bond acceptors (Lipinski definition) is 4. The Balaban J connectivity index is 0.00000289. The van der Waals surface area contributed by atoms with E-state index in [-0.39, 0.29) is 29.6 Å². The number of carbonyl (C=O) groups excluding carboxylic acids is 1. The molecule has 0 saturated heterocycles. The molecule has 0 radical (unpaired) electrons. The third-order valence-electron chi connectivity index (χ3n) is 1.64. The average Bonchev–Trinajstić information content (AvgIpc) is 2.27. The zero-order valence-corrected chi connectivity index (χ0v) is 10.2. The van der Waals surface area contributed by atoms with Crippen LogP contribution in [0.1, 0.15) is 5.56 Å². The van der Waals surface area contributed by atoms with Crippen LogP contribution in [0.2, 0.25) is 0 Å². The fourth-order valence-corrected chi connectivity index (χ4v) is 1.68. The van der Waals surface area contributed by atoms with E-state index in [1.807, 2.05) is 0 Å². The van der Waals surface area contributed by atoms with Gasteiger partial charge < -0.3 is 4.18 Å². The molecule has 4 nitrogen and oxygen atoms in total. The SMILES string of the molecule is C=C(Cl)C(=O)OS(=O)(=O)C=Cc1ccccc1.[NaH]. The summed E-state index contributed by atoms with van der Waals surface area (Å²) < 4.78 is 26.7. The van der Waals surface area contributed by atoms with Crippen molar-refractivity contribution in [2.24, 2.45) is 0 Å². The van der Waals surface area contributed by atoms with Crippen molar-refractivity contribution in [1.82, 2.24) is 0 Å². The molecule has 0 aliphatic heterocycles. The van der Waals surface area contributed by atoms with E-state index in [0.717, 1.165) is 5.41 Å². The molecule has 92 valence electrons. The maximum absolute atomic E-state index is 11.3. The van der Waals surface area contributed by atoms with Gasteiger partial charge in [-0.1, -0.05) is 48.5 Å². The molecule has 0 fully saturated rings. The third kappa shape index (κ3) is 6.37. The van der Waals surface area contributed by atoms with Crippen molar-refractivity contribution in [3.63, 3.8) is 0 Å². The molecule has 0 amide bonds. The summed E-state index contributed by atoms with van der Waals surface area (Å²) in [5.41, 5.74) is 0.664. The van der Waals surface area contributed by atoms with E-state index in [2.05, 4.69) is 10.8 Å². The second kappa shape index (κ2) is 7.76. The van der Waals surface area contributed by atoms with Gasteiger partial charge >= 0.3 is 45.6 Å². The second-order valence-corrected chi connectivity index (χ2v) is 4.86. The Bertz CT molecular complexity index is 552. The number of carbonyl (C=O) groups is 1. The van der Waals surface area contributed by atoms with Crippen molar-refractivity contribution in [3.8, 4) is 0 Å². The van der Waals surface area contributed by atoms with Gasteiger partial charge in [-0.2, -0.15) is 8.42 Å². The molecule has 0 atom stereocenters. The molecule has 0 aromatic heterocycles. The van der Waals surface area contributed by atoms with E-state index >= 15 is 0 Å². The third-order valence-corrected chi connectivity index (χ3v) is 2.65. The molecule has 18 heavy (non-hydrogen) atoms. The molecule has 0 N–H and O–H groups in total. The zero-order valence-electron chi connectivity index (χ0n) is 8.67. The summed E-state index contributed by atoms with van der Waals surface area (Å²) in [4.78, 5) is 10.9. The van der Waals surface area contributed by atoms with Crippen LogP contribution < -0.4 is 0 Å². The minimum atomic E-state index is -4.10. The number of halogens is 1. The van der Waals surface area contributed by atoms with Crippen molar-refractivity contribution in [1.29, 1.82) is 0 Å². The van der Waals surface area contributed by atoms with Crippen molar-refractivity contribution >= 4 is 63.3 Å². The Kier molecular flexibility index (Phi) is 7.51. The predicted octanol–water partition coefficient (Wildman–Crippen LogP) is 1.63. The van der Waals surface area contributed by atoms with Gasteiger partial charge in [0, 0.05) is 0 Å². The van der Waals surface area contributed by atoms with Crippen LogP contribution in [0.4, 0.5) is 0 Å². The van der Waals surface area contributed by atoms with Crippen molar-refractivity contribution in [2.45, 2.75) is 0 Å². The number of benzene rings is 1. The molecule has 0 spiro atoms. The van der Waals surface area contributed by atoms with Crippen LogP contribution in [-0.2, 0) is 19.1 Å². The standard InChI is InChI=1S/C11H9ClO4S.Na.H/c1-9(12)11(13)16-17(14,15)8-7-10-5-3-2-4-6-10;;/h2-8H,1H2;;. The van der Waals surface area contributed by atoms with Crippen LogP contribution in [-0.4, -0.2) is 43.9 Å². The van der Waals surface area contributed by atoms with Crippen LogP contribution in [0, 0.1) is 0 Å². The summed E-state index contributed by atoms with van der Waals surface area (Å²) in [5.74, 6) is -1.19. The molecule has 0 heterocycles. The van der Waals surface area contributed by atoms with Crippen LogP contribution in [0.5, 0.6) is 0 Å². The normalized spacial score (nSPS) is 10.7. The van der Waals surface area contributed by atoms with Gasteiger partial charge in [-0.3, -0.25) is 0 Å². The van der Waals surface area contributed by atoms with Crippen molar-refractivity contribution in [2.75, 3.05) is 0 Å². The van der Waals surface area contributed by atoms with Gasteiger partial charge in [0.15, 0.2) is 0 Å². The Morgan fingerprint density at radius 3 is 2.33 bits per heavy atom. The molecule has 1 aromatic carbocycles. The Morgan fingerprint density at radius 1 is 1.28 bits per heavy atom. The monoisotopic (exact) mass is 296 g/mol. The summed E-state index contributed by atoms with van der Waals surface area (Å²) in [6, 6.07) is 8.70. The summed E-state index contributed by atoms with van der Waals surface area (Å²) in [6.45, 7) is 3.06. The summed E-state index contributed by atoms with van der Waals surface area (Å²) >= 11 is 5.19. The van der Waals surface area contributed by atoms with Gasteiger partial charge in [0.05, 0.1) is 5.41 Å². The van der Waals surface area contributed by atoms with Crippen LogP contribution in [0.15, 0.2) is 47.4 Å². The first-order valence-corrected chi connectivity index (χ1v) is 6.32. The summed E-state index contributed by atoms with van der Waals surface area (Å²) in [5, 5.41) is 0.279. The first-order chi connectivity index (χ1) is 7.91. The molecule has 0 bridgehead atoms. The first kappa shape index (κ1) is 17.4. The van der Waals surface area contributed by atoms with Gasteiger partial charge in [0.2, 0.25) is 0 Å². The molecular weight excluding hydrogens is 287 g/mol. The maximum atomic E-state index is 11.3. The van der Waals surface area contributed by atoms with Gasteiger partial charge in [-0.05, 0) is 11.6 Å². The van der Waals surface area contributed by atoms with Gasteiger partial charge in [0.1, 0.15) is 5.03 Å². The molecule has 1 rings (SSSR count). The second-order valence-electron chi connectivity index (χ2n) is 2.98. The van der Waals surface area contributed by atoms with Gasteiger partial charge in [-0.15, -0.1) is 0 Å². The van der Waals surface area contributed by atoms with E-state index in [1.54, 1.807) is 30.3 Å². The van der Waals surface area contributed by atoms with Crippen molar-refractivity contribution < 1.29 is 17.4 Å². The minimum absolute atomic E-state index is 0. The van der Waals surface area contributed by atoms with E-state index in [9.17, 15) is 13.2 Å². The molecular formula is C11H10ClNaO4S.